The minimum absolute atomic E-state index is 0.261. The van der Waals surface area contributed by atoms with E-state index in [1.165, 1.54) is 24.3 Å². The lowest BCUT2D eigenvalue weighted by atomic mass is 9.96. The average molecular weight is 338 g/mol. The molecule has 0 bridgehead atoms. The molecule has 3 aromatic carbocycles. The monoisotopic (exact) mass is 338 g/mol. The molecule has 0 aromatic heterocycles. The summed E-state index contributed by atoms with van der Waals surface area (Å²) in [5.74, 6) is -0.522. The van der Waals surface area contributed by atoms with Crippen LogP contribution in [0.2, 0.25) is 0 Å². The van der Waals surface area contributed by atoms with Gasteiger partial charge in [0.1, 0.15) is 11.6 Å². The van der Waals surface area contributed by atoms with Crippen molar-refractivity contribution < 1.29 is 8.78 Å². The molecule has 0 unspecified atom stereocenters. The Morgan fingerprint density at radius 2 is 1.16 bits per heavy atom. The molecular formula is C21H20F2N2. The maximum atomic E-state index is 13.2. The van der Waals surface area contributed by atoms with Gasteiger partial charge in [0.15, 0.2) is 0 Å². The van der Waals surface area contributed by atoms with E-state index in [0.29, 0.717) is 13.1 Å². The number of hydrogen-bond acceptors (Lipinski definition) is 2. The lowest BCUT2D eigenvalue weighted by molar-refractivity contribution is 0.627. The van der Waals surface area contributed by atoms with Crippen molar-refractivity contribution in [3.8, 4) is 22.3 Å². The number of nitrogens with two attached hydrogens (primary N) is 1. The first-order valence-electron chi connectivity index (χ1n) is 8.22. The van der Waals surface area contributed by atoms with E-state index in [1.54, 1.807) is 24.3 Å². The Morgan fingerprint density at radius 1 is 0.680 bits per heavy atom. The number of rotatable bonds is 6. The standard InChI is InChI=1S/C21H20F2N2/c22-20-5-1-16(2-6-20)18-11-15(14-25-10-9-24)12-19(13-18)17-3-7-21(23)8-4-17/h1-8,11-13,25H,9-10,14,24H2. The van der Waals surface area contributed by atoms with Crippen LogP contribution in [0.4, 0.5) is 8.78 Å². The largest absolute Gasteiger partial charge is 0.329 e. The normalized spacial score (nSPS) is 10.8. The van der Waals surface area contributed by atoms with Gasteiger partial charge in [-0.3, -0.25) is 0 Å². The van der Waals surface area contributed by atoms with E-state index in [2.05, 4.69) is 17.4 Å². The van der Waals surface area contributed by atoms with Crippen molar-refractivity contribution in [3.63, 3.8) is 0 Å². The Hall–Kier alpha value is -2.56. The Balaban J connectivity index is 2.01. The van der Waals surface area contributed by atoms with Crippen molar-refractivity contribution in [2.24, 2.45) is 5.73 Å². The van der Waals surface area contributed by atoms with Gasteiger partial charge in [-0.25, -0.2) is 8.78 Å². The van der Waals surface area contributed by atoms with E-state index in [0.717, 1.165) is 34.4 Å². The molecule has 3 aromatic rings. The van der Waals surface area contributed by atoms with E-state index in [-0.39, 0.29) is 11.6 Å². The summed E-state index contributed by atoms with van der Waals surface area (Å²) in [6.07, 6.45) is 0. The van der Waals surface area contributed by atoms with E-state index >= 15 is 0 Å². The second-order valence-corrected chi connectivity index (χ2v) is 5.90. The van der Waals surface area contributed by atoms with Crippen LogP contribution in [0.1, 0.15) is 5.56 Å². The Bertz CT molecular complexity index is 764. The SMILES string of the molecule is NCCNCc1cc(-c2ccc(F)cc2)cc(-c2ccc(F)cc2)c1. The molecule has 0 heterocycles. The van der Waals surface area contributed by atoms with Gasteiger partial charge in [-0.05, 0) is 70.3 Å². The molecule has 3 N–H and O–H groups in total. The number of benzene rings is 3. The van der Waals surface area contributed by atoms with Gasteiger partial charge in [-0.15, -0.1) is 0 Å². The molecule has 0 saturated carbocycles. The van der Waals surface area contributed by atoms with Crippen LogP contribution in [0, 0.1) is 11.6 Å². The Labute approximate surface area is 146 Å². The summed E-state index contributed by atoms with van der Waals surface area (Å²) in [6, 6.07) is 19.0. The van der Waals surface area contributed by atoms with Crippen molar-refractivity contribution in [3.05, 3.63) is 83.9 Å². The third-order valence-electron chi connectivity index (χ3n) is 4.00. The summed E-state index contributed by atoms with van der Waals surface area (Å²) < 4.78 is 26.4. The first-order chi connectivity index (χ1) is 12.2. The molecular weight excluding hydrogens is 318 g/mol. The van der Waals surface area contributed by atoms with Gasteiger partial charge in [-0.1, -0.05) is 24.3 Å². The second kappa shape index (κ2) is 8.01. The third-order valence-corrected chi connectivity index (χ3v) is 4.00. The molecule has 2 nitrogen and oxygen atoms in total. The summed E-state index contributed by atoms with van der Waals surface area (Å²) >= 11 is 0. The van der Waals surface area contributed by atoms with Crippen LogP contribution in [0.5, 0.6) is 0 Å². The highest BCUT2D eigenvalue weighted by atomic mass is 19.1. The zero-order chi connectivity index (χ0) is 17.6. The average Bonchev–Trinajstić information content (AvgIpc) is 2.63. The maximum absolute atomic E-state index is 13.2. The van der Waals surface area contributed by atoms with Gasteiger partial charge in [-0.2, -0.15) is 0 Å². The predicted octanol–water partition coefficient (Wildman–Crippen LogP) is 4.35. The van der Waals surface area contributed by atoms with Crippen LogP contribution < -0.4 is 11.1 Å². The molecule has 0 atom stereocenters. The molecule has 4 heteroatoms. The van der Waals surface area contributed by atoms with Crippen molar-refractivity contribution in [2.45, 2.75) is 6.54 Å². The van der Waals surface area contributed by atoms with Crippen molar-refractivity contribution >= 4 is 0 Å². The molecule has 0 fully saturated rings. The first-order valence-corrected chi connectivity index (χ1v) is 8.22. The van der Waals surface area contributed by atoms with Gasteiger partial charge in [0.2, 0.25) is 0 Å². The van der Waals surface area contributed by atoms with Gasteiger partial charge >= 0.3 is 0 Å². The second-order valence-electron chi connectivity index (χ2n) is 5.90. The highest BCUT2D eigenvalue weighted by molar-refractivity contribution is 5.74. The maximum Gasteiger partial charge on any atom is 0.123 e. The zero-order valence-corrected chi connectivity index (χ0v) is 13.8. The quantitative estimate of drug-likeness (QED) is 0.656. The third kappa shape index (κ3) is 4.50. The molecule has 0 aliphatic heterocycles. The lowest BCUT2D eigenvalue weighted by Gasteiger charge is -2.11. The van der Waals surface area contributed by atoms with E-state index < -0.39 is 0 Å². The van der Waals surface area contributed by atoms with E-state index in [4.69, 9.17) is 5.73 Å². The van der Waals surface area contributed by atoms with Crippen molar-refractivity contribution in [2.75, 3.05) is 13.1 Å². The summed E-state index contributed by atoms with van der Waals surface area (Å²) in [5.41, 5.74) is 10.5. The fourth-order valence-corrected chi connectivity index (χ4v) is 2.75. The van der Waals surface area contributed by atoms with Gasteiger partial charge in [0.05, 0.1) is 0 Å². The summed E-state index contributed by atoms with van der Waals surface area (Å²) in [4.78, 5) is 0. The van der Waals surface area contributed by atoms with Gasteiger partial charge in [0, 0.05) is 19.6 Å². The van der Waals surface area contributed by atoms with Crippen LogP contribution in [-0.2, 0) is 6.54 Å². The summed E-state index contributed by atoms with van der Waals surface area (Å²) in [7, 11) is 0. The molecule has 0 saturated heterocycles. The Kier molecular flexibility index (Phi) is 5.53. The summed E-state index contributed by atoms with van der Waals surface area (Å²) in [6.45, 7) is 1.98. The van der Waals surface area contributed by atoms with Crippen LogP contribution in [-0.4, -0.2) is 13.1 Å². The highest BCUT2D eigenvalue weighted by Gasteiger charge is 2.06. The molecule has 3 rings (SSSR count). The number of hydrogen-bond donors (Lipinski definition) is 2. The van der Waals surface area contributed by atoms with Crippen molar-refractivity contribution in [1.29, 1.82) is 0 Å². The van der Waals surface area contributed by atoms with E-state index in [1.807, 2.05) is 6.07 Å². The number of nitrogens with one attached hydrogen (secondary N) is 1. The first kappa shape index (κ1) is 17.3. The van der Waals surface area contributed by atoms with Crippen LogP contribution in [0.15, 0.2) is 66.7 Å². The molecule has 128 valence electrons. The minimum atomic E-state index is -0.261. The fraction of sp³-hybridized carbons (Fsp3) is 0.143. The molecule has 0 aliphatic carbocycles. The lowest BCUT2D eigenvalue weighted by Crippen LogP contribution is -2.21. The summed E-state index contributed by atoms with van der Waals surface area (Å²) in [5, 5.41) is 3.28. The van der Waals surface area contributed by atoms with Crippen LogP contribution >= 0.6 is 0 Å². The molecule has 0 aliphatic rings. The van der Waals surface area contributed by atoms with Crippen LogP contribution in [0.3, 0.4) is 0 Å². The molecule has 0 radical (unpaired) electrons. The highest BCUT2D eigenvalue weighted by Crippen LogP contribution is 2.28. The topological polar surface area (TPSA) is 38.0 Å². The molecule has 0 amide bonds. The minimum Gasteiger partial charge on any atom is -0.329 e. The Morgan fingerprint density at radius 3 is 1.60 bits per heavy atom. The molecule has 25 heavy (non-hydrogen) atoms. The van der Waals surface area contributed by atoms with Gasteiger partial charge < -0.3 is 11.1 Å². The smallest absolute Gasteiger partial charge is 0.123 e. The zero-order valence-electron chi connectivity index (χ0n) is 13.8. The van der Waals surface area contributed by atoms with E-state index in [9.17, 15) is 8.78 Å². The predicted molar refractivity (Wildman–Crippen MR) is 98.0 cm³/mol. The number of halogens is 2. The molecule has 0 spiro atoms. The van der Waals surface area contributed by atoms with Crippen LogP contribution in [0.25, 0.3) is 22.3 Å². The fourth-order valence-electron chi connectivity index (χ4n) is 2.75. The van der Waals surface area contributed by atoms with Crippen molar-refractivity contribution in [1.82, 2.24) is 5.32 Å². The van der Waals surface area contributed by atoms with Gasteiger partial charge in [0.25, 0.3) is 0 Å².